The fourth-order valence-electron chi connectivity index (χ4n) is 6.22. The van der Waals surface area contributed by atoms with Gasteiger partial charge in [-0.2, -0.15) is 0 Å². The van der Waals surface area contributed by atoms with Crippen molar-refractivity contribution in [3.63, 3.8) is 0 Å². The van der Waals surface area contributed by atoms with Crippen LogP contribution >= 0.6 is 0 Å². The number of rotatable bonds is 11. The third-order valence-electron chi connectivity index (χ3n) is 8.41. The van der Waals surface area contributed by atoms with Crippen LogP contribution in [0.2, 0.25) is 0 Å². The minimum atomic E-state index is -1.41. The summed E-state index contributed by atoms with van der Waals surface area (Å²) in [5.74, 6) is 0.268. The van der Waals surface area contributed by atoms with Crippen molar-refractivity contribution >= 4 is 11.8 Å². The van der Waals surface area contributed by atoms with Gasteiger partial charge in [0.25, 0.3) is 0 Å². The maximum absolute atomic E-state index is 14.4. The van der Waals surface area contributed by atoms with Crippen LogP contribution in [0.3, 0.4) is 0 Å². The van der Waals surface area contributed by atoms with Crippen molar-refractivity contribution in [2.45, 2.75) is 82.2 Å². The molecule has 3 aliphatic heterocycles. The highest BCUT2D eigenvalue weighted by Gasteiger charge is 2.38. The molecule has 224 valence electrons. The lowest BCUT2D eigenvalue weighted by Gasteiger charge is -2.34. The third-order valence-corrected chi connectivity index (χ3v) is 8.41. The van der Waals surface area contributed by atoms with E-state index in [0.29, 0.717) is 50.1 Å². The molecule has 1 aromatic heterocycles. The predicted octanol–water partition coefficient (Wildman–Crippen LogP) is 5.41. The number of ether oxygens (including phenoxy) is 3. The molecule has 0 amide bonds. The van der Waals surface area contributed by atoms with Gasteiger partial charge in [-0.15, -0.1) is 0 Å². The number of carboxylic acids is 1. The van der Waals surface area contributed by atoms with Crippen molar-refractivity contribution < 1.29 is 32.9 Å². The highest BCUT2D eigenvalue weighted by atomic mass is 19.1. The van der Waals surface area contributed by atoms with Gasteiger partial charge >= 0.3 is 5.97 Å². The molecule has 8 nitrogen and oxygen atoms in total. The molecule has 0 aliphatic carbocycles. The summed E-state index contributed by atoms with van der Waals surface area (Å²) in [5.41, 5.74) is 1.71. The first kappa shape index (κ1) is 29.7. The van der Waals surface area contributed by atoms with Gasteiger partial charge in [0.2, 0.25) is 0 Å². The molecule has 2 fully saturated rings. The van der Waals surface area contributed by atoms with Crippen molar-refractivity contribution in [1.29, 1.82) is 0 Å². The lowest BCUT2D eigenvalue weighted by atomic mass is 9.89. The lowest BCUT2D eigenvalue weighted by molar-refractivity contribution is -0.143. The molecule has 4 atom stereocenters. The van der Waals surface area contributed by atoms with Crippen molar-refractivity contribution in [3.05, 3.63) is 52.5 Å². The molecule has 10 heteroatoms. The number of aryl methyl sites for hydroxylation is 1. The van der Waals surface area contributed by atoms with Gasteiger partial charge in [0, 0.05) is 43.6 Å². The topological polar surface area (TPSA) is 93.2 Å². The van der Waals surface area contributed by atoms with Crippen LogP contribution in [0, 0.1) is 5.82 Å². The Kier molecular flexibility index (Phi) is 9.41. The largest absolute Gasteiger partial charge is 0.496 e. The zero-order valence-electron chi connectivity index (χ0n) is 24.0. The first-order valence-electron chi connectivity index (χ1n) is 14.7. The average Bonchev–Trinajstić information content (AvgIpc) is 3.41. The van der Waals surface area contributed by atoms with Crippen LogP contribution in [0.1, 0.15) is 80.0 Å². The number of benzene rings is 1. The molecule has 5 rings (SSSR count). The number of nitrogens with zero attached hydrogens (tertiary/aromatic N) is 2. The van der Waals surface area contributed by atoms with Gasteiger partial charge in [0.1, 0.15) is 29.1 Å². The Morgan fingerprint density at radius 3 is 2.93 bits per heavy atom. The number of fused-ring (bicyclic) bond motifs is 1. The predicted molar refractivity (Wildman–Crippen MR) is 151 cm³/mol. The Hall–Kier alpha value is -2.82. The van der Waals surface area contributed by atoms with Gasteiger partial charge < -0.3 is 24.6 Å². The number of nitrogens with one attached hydrogen (secondary N) is 1. The minimum Gasteiger partial charge on any atom is -0.496 e. The number of hydrogen-bond donors (Lipinski definition) is 2. The van der Waals surface area contributed by atoms with Gasteiger partial charge in [-0.05, 0) is 81.5 Å². The highest BCUT2D eigenvalue weighted by molar-refractivity contribution is 5.76. The zero-order valence-corrected chi connectivity index (χ0v) is 24.0. The van der Waals surface area contributed by atoms with Gasteiger partial charge in [0.15, 0.2) is 0 Å². The van der Waals surface area contributed by atoms with Gasteiger partial charge in [-0.3, -0.25) is 9.69 Å². The number of pyridine rings is 1. The van der Waals surface area contributed by atoms with Crippen LogP contribution in [0.4, 0.5) is 14.6 Å². The number of alkyl halides is 1. The van der Waals surface area contributed by atoms with E-state index in [-0.39, 0.29) is 12.7 Å². The SMILES string of the molecule is COc1cc(CCCCO[C@@H]2CCN([C@@H](C(=O)O)c3cc(F)ccc3C3CCC(C)(F)CO3)C2)nc2c1CCCN2. The summed E-state index contributed by atoms with van der Waals surface area (Å²) in [6.07, 6.45) is 5.48. The van der Waals surface area contributed by atoms with E-state index in [9.17, 15) is 18.7 Å². The first-order chi connectivity index (χ1) is 19.7. The molecule has 1 aromatic carbocycles. The van der Waals surface area contributed by atoms with E-state index in [2.05, 4.69) is 5.32 Å². The lowest BCUT2D eigenvalue weighted by Crippen LogP contribution is -2.36. The summed E-state index contributed by atoms with van der Waals surface area (Å²) in [6.45, 7) is 3.89. The number of halogens is 2. The van der Waals surface area contributed by atoms with E-state index in [0.717, 1.165) is 61.5 Å². The number of anilines is 1. The summed E-state index contributed by atoms with van der Waals surface area (Å²) in [5, 5.41) is 13.6. The minimum absolute atomic E-state index is 0.0706. The van der Waals surface area contributed by atoms with E-state index < -0.39 is 29.6 Å². The normalized spacial score (nSPS) is 25.4. The number of likely N-dealkylation sites (tertiary alicyclic amines) is 1. The monoisotopic (exact) mass is 573 g/mol. The molecular formula is C31H41F2N3O5. The summed E-state index contributed by atoms with van der Waals surface area (Å²) >= 11 is 0. The Morgan fingerprint density at radius 1 is 1.32 bits per heavy atom. The molecule has 3 aliphatic rings. The number of unbranched alkanes of at least 4 members (excludes halogenated alkanes) is 1. The van der Waals surface area contributed by atoms with Crippen LogP contribution in [-0.2, 0) is 27.1 Å². The zero-order chi connectivity index (χ0) is 29.0. The van der Waals surface area contributed by atoms with Crippen LogP contribution in [0.5, 0.6) is 5.75 Å². The summed E-state index contributed by atoms with van der Waals surface area (Å²) in [6, 6.07) is 5.18. The fourth-order valence-corrected chi connectivity index (χ4v) is 6.22. The van der Waals surface area contributed by atoms with E-state index in [1.165, 1.54) is 19.1 Å². The first-order valence-corrected chi connectivity index (χ1v) is 14.7. The van der Waals surface area contributed by atoms with E-state index in [1.807, 2.05) is 11.0 Å². The Bertz CT molecular complexity index is 1200. The molecule has 2 saturated heterocycles. The van der Waals surface area contributed by atoms with Crippen LogP contribution in [0.15, 0.2) is 24.3 Å². The number of carbonyl (C=O) groups is 1. The van der Waals surface area contributed by atoms with E-state index in [1.54, 1.807) is 13.2 Å². The van der Waals surface area contributed by atoms with Crippen LogP contribution in [-0.4, -0.2) is 72.7 Å². The Labute approximate surface area is 240 Å². The number of aliphatic carboxylic acids is 1. The Morgan fingerprint density at radius 2 is 2.17 bits per heavy atom. The molecular weight excluding hydrogens is 532 g/mol. The second-order valence-corrected chi connectivity index (χ2v) is 11.7. The molecule has 0 radical (unpaired) electrons. The molecule has 0 spiro atoms. The smallest absolute Gasteiger partial charge is 0.325 e. The Balaban J connectivity index is 1.15. The van der Waals surface area contributed by atoms with Crippen molar-refractivity contribution in [2.24, 2.45) is 0 Å². The maximum atomic E-state index is 14.4. The van der Waals surface area contributed by atoms with Crippen LogP contribution < -0.4 is 10.1 Å². The second kappa shape index (κ2) is 13.0. The maximum Gasteiger partial charge on any atom is 0.325 e. The molecule has 41 heavy (non-hydrogen) atoms. The summed E-state index contributed by atoms with van der Waals surface area (Å²) < 4.78 is 46.2. The molecule has 2 aromatic rings. The molecule has 0 bridgehead atoms. The highest BCUT2D eigenvalue weighted by Crippen LogP contribution is 2.39. The van der Waals surface area contributed by atoms with E-state index >= 15 is 0 Å². The second-order valence-electron chi connectivity index (χ2n) is 11.7. The number of carboxylic acid groups (broad SMARTS) is 1. The van der Waals surface area contributed by atoms with E-state index in [4.69, 9.17) is 19.2 Å². The fraction of sp³-hybridized carbons (Fsp3) is 0.613. The van der Waals surface area contributed by atoms with Crippen molar-refractivity contribution in [2.75, 3.05) is 45.3 Å². The number of methoxy groups -OCH3 is 1. The quantitative estimate of drug-likeness (QED) is 0.345. The standard InChI is InChI=1S/C31H41F2N3O5/c1-31(33)12-10-26(41-19-31)23-9-8-20(32)16-25(23)28(30(37)38)36-14-11-22(18-36)40-15-4-3-6-21-17-27(39-2)24-7-5-13-34-29(24)35-21/h8-9,16-17,22,26,28H,3-7,10-15,18-19H2,1-2H3,(H,34,35)(H,37,38)/t22-,26?,28-,31?/m1/s1. The number of aromatic nitrogens is 1. The number of hydrogen-bond acceptors (Lipinski definition) is 7. The third kappa shape index (κ3) is 7.16. The van der Waals surface area contributed by atoms with Crippen LogP contribution in [0.25, 0.3) is 0 Å². The van der Waals surface area contributed by atoms with Gasteiger partial charge in [-0.1, -0.05) is 6.07 Å². The van der Waals surface area contributed by atoms with Gasteiger partial charge in [-0.25, -0.2) is 13.8 Å². The average molecular weight is 574 g/mol. The van der Waals surface area contributed by atoms with Crippen molar-refractivity contribution in [1.82, 2.24) is 9.88 Å². The van der Waals surface area contributed by atoms with Crippen molar-refractivity contribution in [3.8, 4) is 5.75 Å². The molecule has 2 N–H and O–H groups in total. The molecule has 4 heterocycles. The molecule has 2 unspecified atom stereocenters. The molecule has 0 saturated carbocycles. The van der Waals surface area contributed by atoms with Gasteiger partial charge in [0.05, 0.1) is 25.9 Å². The summed E-state index contributed by atoms with van der Waals surface area (Å²) in [4.78, 5) is 19.1. The summed E-state index contributed by atoms with van der Waals surface area (Å²) in [7, 11) is 1.70.